The second-order valence-corrected chi connectivity index (χ2v) is 10.8. The van der Waals surface area contributed by atoms with E-state index in [-0.39, 0.29) is 23.8 Å². The molecule has 1 aliphatic rings. The normalized spacial score (nSPS) is 17.2. The lowest BCUT2D eigenvalue weighted by molar-refractivity contribution is -0.130. The van der Waals surface area contributed by atoms with Crippen molar-refractivity contribution in [3.63, 3.8) is 0 Å². The van der Waals surface area contributed by atoms with E-state index in [0.717, 1.165) is 54.1 Å². The van der Waals surface area contributed by atoms with E-state index in [0.29, 0.717) is 23.4 Å². The number of hydrogen-bond acceptors (Lipinski definition) is 4. The molecule has 39 heavy (non-hydrogen) atoms. The van der Waals surface area contributed by atoms with Gasteiger partial charge in [-0.05, 0) is 52.3 Å². The second-order valence-electron chi connectivity index (χ2n) is 10.8. The van der Waals surface area contributed by atoms with Crippen LogP contribution in [0.2, 0.25) is 0 Å². The minimum atomic E-state index is -0.996. The number of amides is 3. The van der Waals surface area contributed by atoms with Gasteiger partial charge in [0.25, 0.3) is 11.5 Å². The molecule has 1 aromatic carbocycles. The Bertz CT molecular complexity index is 1460. The molecule has 0 unspecified atom stereocenters. The van der Waals surface area contributed by atoms with E-state index in [1.165, 1.54) is 0 Å². The minimum absolute atomic E-state index is 0.203. The minimum Gasteiger partial charge on any atom is -0.323 e. The number of rotatable bonds is 11. The molecular weight excluding hydrogens is 494 g/mol. The van der Waals surface area contributed by atoms with Crippen molar-refractivity contribution in [1.82, 2.24) is 24.1 Å². The number of urea groups is 1. The Labute approximate surface area is 229 Å². The standard InChI is InChI=1S/C30H39N5O4/c1-7-8-9-10-14-17-30(5)28(38)33(29(39)31-30)19-25(36)24-18-20(2)34(21(24)3)26-22(4)32(6)35(27(26)37)23-15-12-11-13-16-23/h11-13,15-16,18H,7-10,14,17,19H2,1-6H3,(H,31,39)/t30-/m0/s1. The maximum Gasteiger partial charge on any atom is 0.325 e. The van der Waals surface area contributed by atoms with Crippen LogP contribution in [0.1, 0.15) is 79.8 Å². The third-order valence-corrected chi connectivity index (χ3v) is 7.91. The van der Waals surface area contributed by atoms with Crippen molar-refractivity contribution < 1.29 is 14.4 Å². The van der Waals surface area contributed by atoms with Crippen molar-refractivity contribution >= 4 is 17.7 Å². The number of hydrogen-bond donors (Lipinski definition) is 1. The van der Waals surface area contributed by atoms with E-state index < -0.39 is 11.6 Å². The van der Waals surface area contributed by atoms with Crippen LogP contribution in [0.3, 0.4) is 0 Å². The molecule has 0 aliphatic carbocycles. The molecule has 9 heteroatoms. The van der Waals surface area contributed by atoms with Gasteiger partial charge in [-0.3, -0.25) is 24.0 Å². The fourth-order valence-corrected chi connectivity index (χ4v) is 5.57. The number of para-hydroxylation sites is 1. The van der Waals surface area contributed by atoms with E-state index in [1.54, 1.807) is 33.8 Å². The summed E-state index contributed by atoms with van der Waals surface area (Å²) in [4.78, 5) is 54.0. The lowest BCUT2D eigenvalue weighted by atomic mass is 9.94. The van der Waals surface area contributed by atoms with Crippen LogP contribution in [-0.4, -0.2) is 48.6 Å². The number of carbonyl (C=O) groups is 3. The predicted octanol–water partition coefficient (Wildman–Crippen LogP) is 4.75. The van der Waals surface area contributed by atoms with Crippen LogP contribution in [0.25, 0.3) is 11.4 Å². The third kappa shape index (κ3) is 5.10. The Morgan fingerprint density at radius 2 is 1.62 bits per heavy atom. The van der Waals surface area contributed by atoms with Crippen molar-refractivity contribution in [3.8, 4) is 11.4 Å². The summed E-state index contributed by atoms with van der Waals surface area (Å²) in [5, 5.41) is 2.81. The van der Waals surface area contributed by atoms with Crippen LogP contribution >= 0.6 is 0 Å². The summed E-state index contributed by atoms with van der Waals surface area (Å²) in [6, 6.07) is 10.6. The van der Waals surface area contributed by atoms with Crippen molar-refractivity contribution in [2.45, 2.75) is 78.7 Å². The molecular formula is C30H39N5O4. The summed E-state index contributed by atoms with van der Waals surface area (Å²) in [6.07, 6.45) is 5.77. The smallest absolute Gasteiger partial charge is 0.323 e. The summed E-state index contributed by atoms with van der Waals surface area (Å²) in [6.45, 7) is 9.03. The SMILES string of the molecule is CCCCCCC[C@]1(C)NC(=O)N(CC(=O)c2cc(C)n(-c3c(C)n(C)n(-c4ccccc4)c3=O)c2C)C1=O. The van der Waals surface area contributed by atoms with E-state index in [4.69, 9.17) is 0 Å². The number of imide groups is 1. The summed E-state index contributed by atoms with van der Waals surface area (Å²) < 4.78 is 5.18. The summed E-state index contributed by atoms with van der Waals surface area (Å²) in [5.41, 5.74) is 2.44. The van der Waals surface area contributed by atoms with Gasteiger partial charge in [-0.25, -0.2) is 9.48 Å². The molecule has 2 aromatic heterocycles. The zero-order valence-corrected chi connectivity index (χ0v) is 23.8. The van der Waals surface area contributed by atoms with Crippen LogP contribution < -0.4 is 10.9 Å². The highest BCUT2D eigenvalue weighted by Crippen LogP contribution is 2.26. The largest absolute Gasteiger partial charge is 0.325 e. The number of unbranched alkanes of at least 4 members (excludes halogenated alkanes) is 4. The molecule has 4 rings (SSSR count). The van der Waals surface area contributed by atoms with Crippen LogP contribution in [0.5, 0.6) is 0 Å². The van der Waals surface area contributed by atoms with Crippen molar-refractivity contribution in [3.05, 3.63) is 69.4 Å². The molecule has 0 saturated carbocycles. The lowest BCUT2D eigenvalue weighted by Crippen LogP contribution is -2.44. The van der Waals surface area contributed by atoms with Gasteiger partial charge in [0.2, 0.25) is 0 Å². The van der Waals surface area contributed by atoms with E-state index in [1.807, 2.05) is 51.2 Å². The number of benzene rings is 1. The first-order valence-corrected chi connectivity index (χ1v) is 13.7. The Balaban J connectivity index is 1.58. The quantitative estimate of drug-likeness (QED) is 0.219. The fourth-order valence-electron chi connectivity index (χ4n) is 5.57. The summed E-state index contributed by atoms with van der Waals surface area (Å²) in [5.74, 6) is -0.711. The average molecular weight is 534 g/mol. The maximum absolute atomic E-state index is 13.6. The molecule has 1 N–H and O–H groups in total. The van der Waals surface area contributed by atoms with Crippen LogP contribution in [0.15, 0.2) is 41.2 Å². The number of aromatic nitrogens is 3. The molecule has 0 spiro atoms. The van der Waals surface area contributed by atoms with Gasteiger partial charge in [0.1, 0.15) is 11.2 Å². The number of nitrogens with one attached hydrogen (secondary N) is 1. The molecule has 1 aliphatic heterocycles. The first kappa shape index (κ1) is 28.1. The van der Waals surface area contributed by atoms with E-state index in [9.17, 15) is 19.2 Å². The highest BCUT2D eigenvalue weighted by molar-refractivity contribution is 6.11. The highest BCUT2D eigenvalue weighted by Gasteiger charge is 2.47. The van der Waals surface area contributed by atoms with Crippen molar-refractivity contribution in [1.29, 1.82) is 0 Å². The van der Waals surface area contributed by atoms with E-state index in [2.05, 4.69) is 12.2 Å². The van der Waals surface area contributed by atoms with Crippen LogP contribution in [0.4, 0.5) is 4.79 Å². The third-order valence-electron chi connectivity index (χ3n) is 7.91. The first-order chi connectivity index (χ1) is 18.5. The topological polar surface area (TPSA) is 98.3 Å². The fraction of sp³-hybridized carbons (Fsp3) is 0.467. The Kier molecular flexibility index (Phi) is 7.99. The molecule has 1 saturated heterocycles. The number of aryl methyl sites for hydroxylation is 1. The molecule has 0 bridgehead atoms. The number of carbonyl (C=O) groups excluding carboxylic acids is 3. The summed E-state index contributed by atoms with van der Waals surface area (Å²) >= 11 is 0. The van der Waals surface area contributed by atoms with Crippen LogP contribution in [-0.2, 0) is 11.8 Å². The Morgan fingerprint density at radius 3 is 2.28 bits per heavy atom. The molecule has 3 amide bonds. The highest BCUT2D eigenvalue weighted by atomic mass is 16.2. The zero-order valence-electron chi connectivity index (χ0n) is 23.8. The molecule has 1 atom stereocenters. The monoisotopic (exact) mass is 533 g/mol. The second kappa shape index (κ2) is 11.1. The maximum atomic E-state index is 13.6. The molecule has 3 heterocycles. The van der Waals surface area contributed by atoms with Gasteiger partial charge in [-0.2, -0.15) is 0 Å². The van der Waals surface area contributed by atoms with Gasteiger partial charge >= 0.3 is 6.03 Å². The number of Topliss-reactive ketones (excluding diaryl/α,β-unsaturated/α-hetero) is 1. The number of nitrogens with zero attached hydrogens (tertiary/aromatic N) is 4. The zero-order chi connectivity index (χ0) is 28.5. The molecule has 9 nitrogen and oxygen atoms in total. The average Bonchev–Trinajstić information content (AvgIpc) is 3.40. The van der Waals surface area contributed by atoms with Gasteiger partial charge in [0.15, 0.2) is 5.78 Å². The lowest BCUT2D eigenvalue weighted by Gasteiger charge is -2.21. The molecule has 3 aromatic rings. The molecule has 1 fully saturated rings. The van der Waals surface area contributed by atoms with Gasteiger partial charge in [0.05, 0.1) is 17.9 Å². The van der Waals surface area contributed by atoms with Crippen molar-refractivity contribution in [2.24, 2.45) is 7.05 Å². The van der Waals surface area contributed by atoms with Gasteiger partial charge in [-0.15, -0.1) is 0 Å². The predicted molar refractivity (Wildman–Crippen MR) is 151 cm³/mol. The van der Waals surface area contributed by atoms with E-state index >= 15 is 0 Å². The van der Waals surface area contributed by atoms with Crippen LogP contribution in [0, 0.1) is 20.8 Å². The number of ketones is 1. The van der Waals surface area contributed by atoms with Crippen molar-refractivity contribution in [2.75, 3.05) is 6.54 Å². The van der Waals surface area contributed by atoms with Gasteiger partial charge < -0.3 is 9.88 Å². The molecule has 0 radical (unpaired) electrons. The summed E-state index contributed by atoms with van der Waals surface area (Å²) in [7, 11) is 1.83. The van der Waals surface area contributed by atoms with Gasteiger partial charge in [0, 0.05) is 24.0 Å². The first-order valence-electron chi connectivity index (χ1n) is 13.7. The Morgan fingerprint density at radius 1 is 0.949 bits per heavy atom. The molecule has 208 valence electrons. The van der Waals surface area contributed by atoms with Gasteiger partial charge in [-0.1, -0.05) is 57.2 Å². The Hall–Kier alpha value is -3.88.